The maximum Gasteiger partial charge on any atom is 0.126 e. The Morgan fingerprint density at radius 1 is 0.727 bits per heavy atom. The molecular formula is C20H20O2. The van der Waals surface area contributed by atoms with Crippen LogP contribution in [0.1, 0.15) is 11.1 Å². The average molecular weight is 292 g/mol. The summed E-state index contributed by atoms with van der Waals surface area (Å²) in [6, 6.07) is 20.9. The zero-order valence-corrected chi connectivity index (χ0v) is 13.0. The average Bonchev–Trinajstić information content (AvgIpc) is 2.59. The molecular weight excluding hydrogens is 272 g/mol. The van der Waals surface area contributed by atoms with Gasteiger partial charge >= 0.3 is 0 Å². The normalized spacial score (nSPS) is 10.6. The summed E-state index contributed by atoms with van der Waals surface area (Å²) < 4.78 is 10.7. The van der Waals surface area contributed by atoms with Gasteiger partial charge in [-0.1, -0.05) is 42.5 Å². The lowest BCUT2D eigenvalue weighted by molar-refractivity contribution is 0.414. The zero-order chi connectivity index (χ0) is 15.4. The molecule has 0 radical (unpaired) electrons. The van der Waals surface area contributed by atoms with Crippen LogP contribution in [0.2, 0.25) is 0 Å². The first-order chi connectivity index (χ1) is 10.8. The van der Waals surface area contributed by atoms with Crippen molar-refractivity contribution in [2.24, 2.45) is 0 Å². The molecule has 2 nitrogen and oxygen atoms in total. The molecule has 0 aliphatic heterocycles. The summed E-state index contributed by atoms with van der Waals surface area (Å²) in [5.74, 6) is 1.85. The van der Waals surface area contributed by atoms with Crippen LogP contribution >= 0.6 is 0 Å². The fourth-order valence-corrected chi connectivity index (χ4v) is 2.84. The van der Waals surface area contributed by atoms with E-state index < -0.39 is 0 Å². The number of hydrogen-bond acceptors (Lipinski definition) is 2. The van der Waals surface area contributed by atoms with Crippen molar-refractivity contribution in [1.29, 1.82) is 0 Å². The summed E-state index contributed by atoms with van der Waals surface area (Å²) >= 11 is 0. The molecule has 0 unspecified atom stereocenters. The second kappa shape index (κ2) is 6.52. The van der Waals surface area contributed by atoms with Crippen molar-refractivity contribution in [2.75, 3.05) is 14.2 Å². The highest BCUT2D eigenvalue weighted by atomic mass is 16.5. The van der Waals surface area contributed by atoms with Gasteiger partial charge in [-0.2, -0.15) is 0 Å². The molecule has 2 heteroatoms. The summed E-state index contributed by atoms with van der Waals surface area (Å²) in [5.41, 5.74) is 2.64. The fourth-order valence-electron chi connectivity index (χ4n) is 2.84. The maximum absolute atomic E-state index is 5.46. The lowest BCUT2D eigenvalue weighted by Gasteiger charge is -2.11. The van der Waals surface area contributed by atoms with Gasteiger partial charge in [0.2, 0.25) is 0 Å². The third-order valence-corrected chi connectivity index (χ3v) is 4.01. The van der Waals surface area contributed by atoms with Gasteiger partial charge in [0.15, 0.2) is 0 Å². The van der Waals surface area contributed by atoms with E-state index in [4.69, 9.17) is 9.47 Å². The molecule has 112 valence electrons. The molecule has 0 heterocycles. The summed E-state index contributed by atoms with van der Waals surface area (Å²) in [5, 5.41) is 2.44. The molecule has 0 atom stereocenters. The van der Waals surface area contributed by atoms with Crippen LogP contribution in [-0.4, -0.2) is 14.2 Å². The quantitative estimate of drug-likeness (QED) is 0.682. The molecule has 0 N–H and O–H groups in total. The van der Waals surface area contributed by atoms with E-state index in [1.807, 2.05) is 12.1 Å². The van der Waals surface area contributed by atoms with Gasteiger partial charge in [0, 0.05) is 5.39 Å². The van der Waals surface area contributed by atoms with Gasteiger partial charge in [0.25, 0.3) is 0 Å². The number of hydrogen-bond donors (Lipinski definition) is 0. The van der Waals surface area contributed by atoms with Crippen LogP contribution < -0.4 is 9.47 Å². The first-order valence-electron chi connectivity index (χ1n) is 7.49. The molecule has 0 spiro atoms. The second-order valence-electron chi connectivity index (χ2n) is 5.32. The van der Waals surface area contributed by atoms with Crippen molar-refractivity contribution in [3.8, 4) is 11.5 Å². The van der Waals surface area contributed by atoms with E-state index in [1.165, 1.54) is 21.9 Å². The second-order valence-corrected chi connectivity index (χ2v) is 5.32. The number of ether oxygens (including phenoxy) is 2. The van der Waals surface area contributed by atoms with Crippen LogP contribution in [0.25, 0.3) is 10.8 Å². The van der Waals surface area contributed by atoms with Gasteiger partial charge in [-0.3, -0.25) is 0 Å². The molecule has 0 fully saturated rings. The molecule has 22 heavy (non-hydrogen) atoms. The Morgan fingerprint density at radius 3 is 2.32 bits per heavy atom. The van der Waals surface area contributed by atoms with E-state index in [1.54, 1.807) is 14.2 Å². The highest BCUT2D eigenvalue weighted by Crippen LogP contribution is 2.29. The first kappa shape index (κ1) is 14.5. The lowest BCUT2D eigenvalue weighted by Crippen LogP contribution is -1.95. The standard InChI is InChI=1S/C20H20O2/c1-21-17-7-5-6-15(14-17)10-11-16-12-13-20(22-2)19-9-4-3-8-18(16)19/h3-9,12-14H,10-11H2,1-2H3. The summed E-state index contributed by atoms with van der Waals surface area (Å²) in [4.78, 5) is 0. The Bertz CT molecular complexity index is 778. The van der Waals surface area contributed by atoms with Crippen molar-refractivity contribution < 1.29 is 9.47 Å². The van der Waals surface area contributed by atoms with Crippen molar-refractivity contribution in [3.63, 3.8) is 0 Å². The molecule has 0 saturated carbocycles. The smallest absolute Gasteiger partial charge is 0.126 e. The first-order valence-corrected chi connectivity index (χ1v) is 7.49. The number of fused-ring (bicyclic) bond motifs is 1. The van der Waals surface area contributed by atoms with Crippen LogP contribution in [0.3, 0.4) is 0 Å². The fraction of sp³-hybridized carbons (Fsp3) is 0.200. The minimum Gasteiger partial charge on any atom is -0.497 e. The Hall–Kier alpha value is -2.48. The Labute approximate surface area is 131 Å². The number of aryl methyl sites for hydroxylation is 2. The van der Waals surface area contributed by atoms with Gasteiger partial charge in [-0.15, -0.1) is 0 Å². The van der Waals surface area contributed by atoms with Gasteiger partial charge in [-0.25, -0.2) is 0 Å². The Balaban J connectivity index is 1.88. The summed E-state index contributed by atoms with van der Waals surface area (Å²) in [6.45, 7) is 0. The molecule has 3 aromatic rings. The van der Waals surface area contributed by atoms with E-state index in [-0.39, 0.29) is 0 Å². The van der Waals surface area contributed by atoms with E-state index in [0.29, 0.717) is 0 Å². The summed E-state index contributed by atoms with van der Waals surface area (Å²) in [7, 11) is 3.42. The highest BCUT2D eigenvalue weighted by Gasteiger charge is 2.06. The van der Waals surface area contributed by atoms with Crippen molar-refractivity contribution in [2.45, 2.75) is 12.8 Å². The van der Waals surface area contributed by atoms with Crippen LogP contribution in [0.5, 0.6) is 11.5 Å². The SMILES string of the molecule is COc1cccc(CCc2ccc(OC)c3ccccc23)c1. The van der Waals surface area contributed by atoms with Crippen molar-refractivity contribution in [1.82, 2.24) is 0 Å². The Kier molecular flexibility index (Phi) is 4.29. The third kappa shape index (κ3) is 2.91. The van der Waals surface area contributed by atoms with Crippen molar-refractivity contribution in [3.05, 3.63) is 71.8 Å². The van der Waals surface area contributed by atoms with Gasteiger partial charge in [0.05, 0.1) is 14.2 Å². The van der Waals surface area contributed by atoms with Crippen molar-refractivity contribution >= 4 is 10.8 Å². The molecule has 3 rings (SSSR count). The van der Waals surface area contributed by atoms with E-state index in [9.17, 15) is 0 Å². The van der Waals surface area contributed by atoms with E-state index in [0.717, 1.165) is 24.3 Å². The maximum atomic E-state index is 5.46. The van der Waals surface area contributed by atoms with Crippen LogP contribution in [0, 0.1) is 0 Å². The zero-order valence-electron chi connectivity index (χ0n) is 13.0. The lowest BCUT2D eigenvalue weighted by atomic mass is 9.98. The van der Waals surface area contributed by atoms with E-state index >= 15 is 0 Å². The van der Waals surface area contributed by atoms with Gasteiger partial charge in [-0.05, 0) is 47.6 Å². The minimum absolute atomic E-state index is 0.914. The van der Waals surface area contributed by atoms with Crippen LogP contribution in [0.15, 0.2) is 60.7 Å². The predicted octanol–water partition coefficient (Wildman–Crippen LogP) is 4.64. The molecule has 0 bridgehead atoms. The molecule has 0 amide bonds. The third-order valence-electron chi connectivity index (χ3n) is 4.01. The summed E-state index contributed by atoms with van der Waals surface area (Å²) in [6.07, 6.45) is 1.99. The molecule has 0 aliphatic carbocycles. The number of benzene rings is 3. The molecule has 0 aliphatic rings. The largest absolute Gasteiger partial charge is 0.497 e. The van der Waals surface area contributed by atoms with Gasteiger partial charge in [0.1, 0.15) is 11.5 Å². The van der Waals surface area contributed by atoms with Gasteiger partial charge < -0.3 is 9.47 Å². The van der Waals surface area contributed by atoms with Crippen LogP contribution in [-0.2, 0) is 12.8 Å². The van der Waals surface area contributed by atoms with E-state index in [2.05, 4.69) is 48.5 Å². The number of rotatable bonds is 5. The number of methoxy groups -OCH3 is 2. The molecule has 0 aromatic heterocycles. The topological polar surface area (TPSA) is 18.5 Å². The highest BCUT2D eigenvalue weighted by molar-refractivity contribution is 5.91. The molecule has 3 aromatic carbocycles. The monoisotopic (exact) mass is 292 g/mol. The Morgan fingerprint density at radius 2 is 1.55 bits per heavy atom. The minimum atomic E-state index is 0.914. The predicted molar refractivity (Wildman–Crippen MR) is 90.9 cm³/mol. The van der Waals surface area contributed by atoms with Crippen LogP contribution in [0.4, 0.5) is 0 Å². The molecule has 0 saturated heterocycles.